The van der Waals surface area contributed by atoms with Crippen LogP contribution in [0.1, 0.15) is 22.8 Å². The molecule has 0 spiro atoms. The van der Waals surface area contributed by atoms with Crippen LogP contribution in [0, 0.1) is 0 Å². The van der Waals surface area contributed by atoms with Gasteiger partial charge in [0.25, 0.3) is 0 Å². The summed E-state index contributed by atoms with van der Waals surface area (Å²) in [7, 11) is 1.39. The van der Waals surface area contributed by atoms with Crippen molar-refractivity contribution < 1.29 is 9.53 Å². The van der Waals surface area contributed by atoms with Crippen molar-refractivity contribution in [1.82, 2.24) is 0 Å². The molecule has 2 aromatic carbocycles. The maximum Gasteiger partial charge on any atom is 0.338 e. The van der Waals surface area contributed by atoms with Crippen LogP contribution in [0.15, 0.2) is 55.1 Å². The summed E-state index contributed by atoms with van der Waals surface area (Å²) >= 11 is 0. The molecule has 2 heteroatoms. The average molecular weight is 252 g/mol. The van der Waals surface area contributed by atoms with Gasteiger partial charge in [0.2, 0.25) is 0 Å². The minimum atomic E-state index is -0.332. The molecule has 0 fully saturated rings. The van der Waals surface area contributed by atoms with Gasteiger partial charge >= 0.3 is 5.97 Å². The summed E-state index contributed by atoms with van der Waals surface area (Å²) < 4.78 is 4.86. The van der Waals surface area contributed by atoms with Gasteiger partial charge in [-0.25, -0.2) is 4.79 Å². The monoisotopic (exact) mass is 252 g/mol. The average Bonchev–Trinajstić information content (AvgIpc) is 2.46. The van der Waals surface area contributed by atoms with Crippen LogP contribution in [0.2, 0.25) is 0 Å². The first-order chi connectivity index (χ1) is 9.13. The van der Waals surface area contributed by atoms with E-state index in [9.17, 15) is 4.79 Å². The van der Waals surface area contributed by atoms with Gasteiger partial charge in [0.1, 0.15) is 0 Å². The fraction of sp³-hybridized carbons (Fsp3) is 0.118. The summed E-state index contributed by atoms with van der Waals surface area (Å²) in [4.78, 5) is 11.9. The molecule has 0 N–H and O–H groups in total. The predicted molar refractivity (Wildman–Crippen MR) is 77.9 cm³/mol. The number of carbonyl (C=O) groups is 1. The minimum absolute atomic E-state index is 0.332. The molecule has 19 heavy (non-hydrogen) atoms. The van der Waals surface area contributed by atoms with E-state index in [0.717, 1.165) is 22.3 Å². The molecule has 0 aliphatic rings. The van der Waals surface area contributed by atoms with Crippen LogP contribution in [0.3, 0.4) is 0 Å². The number of benzene rings is 2. The lowest BCUT2D eigenvalue weighted by Gasteiger charge is -2.10. The van der Waals surface area contributed by atoms with Crippen LogP contribution in [0.25, 0.3) is 16.7 Å². The molecule has 96 valence electrons. The lowest BCUT2D eigenvalue weighted by molar-refractivity contribution is 0.0601. The number of methoxy groups -OCH3 is 1. The zero-order valence-corrected chi connectivity index (χ0v) is 11.1. The van der Waals surface area contributed by atoms with Gasteiger partial charge in [0.05, 0.1) is 12.7 Å². The van der Waals surface area contributed by atoms with Gasteiger partial charge in [-0.15, -0.1) is 0 Å². The van der Waals surface area contributed by atoms with Crippen molar-refractivity contribution in [3.8, 4) is 11.1 Å². The highest BCUT2D eigenvalue weighted by molar-refractivity contribution is 5.98. The number of hydrogen-bond donors (Lipinski definition) is 0. The van der Waals surface area contributed by atoms with Crippen molar-refractivity contribution in [3.63, 3.8) is 0 Å². The zero-order valence-electron chi connectivity index (χ0n) is 11.1. The molecule has 0 aliphatic heterocycles. The van der Waals surface area contributed by atoms with Crippen LogP contribution >= 0.6 is 0 Å². The van der Waals surface area contributed by atoms with E-state index >= 15 is 0 Å². The van der Waals surface area contributed by atoms with Gasteiger partial charge in [-0.05, 0) is 29.7 Å². The van der Waals surface area contributed by atoms with Crippen LogP contribution in [-0.4, -0.2) is 13.1 Å². The molecule has 0 amide bonds. The third-order valence-corrected chi connectivity index (χ3v) is 3.00. The normalized spacial score (nSPS) is 10.0. The Kier molecular flexibility index (Phi) is 3.81. The van der Waals surface area contributed by atoms with Gasteiger partial charge in [-0.3, -0.25) is 0 Å². The summed E-state index contributed by atoms with van der Waals surface area (Å²) in [6.45, 7) is 5.82. The van der Waals surface area contributed by atoms with E-state index < -0.39 is 0 Å². The maximum absolute atomic E-state index is 11.9. The van der Waals surface area contributed by atoms with Crippen LogP contribution in [0.5, 0.6) is 0 Å². The fourth-order valence-electron chi connectivity index (χ4n) is 1.96. The van der Waals surface area contributed by atoms with E-state index in [1.165, 1.54) is 7.11 Å². The minimum Gasteiger partial charge on any atom is -0.465 e. The van der Waals surface area contributed by atoms with Crippen molar-refractivity contribution in [3.05, 3.63) is 66.2 Å². The topological polar surface area (TPSA) is 26.3 Å². The Labute approximate surface area is 113 Å². The van der Waals surface area contributed by atoms with E-state index in [4.69, 9.17) is 4.74 Å². The highest BCUT2D eigenvalue weighted by Gasteiger charge is 2.14. The summed E-state index contributed by atoms with van der Waals surface area (Å²) in [5, 5.41) is 0. The van der Waals surface area contributed by atoms with Crippen molar-refractivity contribution in [2.45, 2.75) is 6.92 Å². The second-order valence-electron chi connectivity index (χ2n) is 4.40. The fourth-order valence-corrected chi connectivity index (χ4v) is 1.96. The number of hydrogen-bond acceptors (Lipinski definition) is 2. The molecular formula is C17H16O2. The van der Waals surface area contributed by atoms with Crippen LogP contribution < -0.4 is 0 Å². The van der Waals surface area contributed by atoms with Crippen LogP contribution in [0.4, 0.5) is 0 Å². The highest BCUT2D eigenvalue weighted by atomic mass is 16.5. The zero-order chi connectivity index (χ0) is 13.8. The second-order valence-corrected chi connectivity index (χ2v) is 4.40. The van der Waals surface area contributed by atoms with Gasteiger partial charge in [0, 0.05) is 0 Å². The Morgan fingerprint density at radius 1 is 1.11 bits per heavy atom. The molecular weight excluding hydrogens is 236 g/mol. The lowest BCUT2D eigenvalue weighted by Crippen LogP contribution is -2.04. The standard InChI is InChI=1S/C17H16O2/c1-12(2)14-9-10-15(13-7-5-4-6-8-13)16(11-14)17(18)19-3/h4-11H,1H2,2-3H3. The van der Waals surface area contributed by atoms with Crippen molar-refractivity contribution in [2.75, 3.05) is 7.11 Å². The summed E-state index contributed by atoms with van der Waals surface area (Å²) in [6, 6.07) is 15.5. The lowest BCUT2D eigenvalue weighted by atomic mass is 9.96. The van der Waals surface area contributed by atoms with Crippen molar-refractivity contribution in [2.24, 2.45) is 0 Å². The summed E-state index contributed by atoms with van der Waals surface area (Å²) in [5.41, 5.74) is 4.30. The first-order valence-corrected chi connectivity index (χ1v) is 6.07. The van der Waals surface area contributed by atoms with Crippen molar-refractivity contribution >= 4 is 11.5 Å². The maximum atomic E-state index is 11.9. The van der Waals surface area contributed by atoms with Gasteiger partial charge in [-0.2, -0.15) is 0 Å². The first-order valence-electron chi connectivity index (χ1n) is 6.07. The molecule has 0 saturated heterocycles. The Balaban J connectivity index is 2.61. The molecule has 2 aromatic rings. The molecule has 0 bridgehead atoms. The highest BCUT2D eigenvalue weighted by Crippen LogP contribution is 2.27. The molecule has 0 radical (unpaired) electrons. The molecule has 2 nitrogen and oxygen atoms in total. The number of ether oxygens (including phenoxy) is 1. The van der Waals surface area contributed by atoms with E-state index in [-0.39, 0.29) is 5.97 Å². The Morgan fingerprint density at radius 2 is 1.79 bits per heavy atom. The Hall–Kier alpha value is -2.35. The largest absolute Gasteiger partial charge is 0.465 e. The van der Waals surface area contributed by atoms with Crippen LogP contribution in [-0.2, 0) is 4.74 Å². The van der Waals surface area contributed by atoms with E-state index in [2.05, 4.69) is 6.58 Å². The molecule has 2 rings (SSSR count). The third kappa shape index (κ3) is 2.74. The quantitative estimate of drug-likeness (QED) is 0.766. The third-order valence-electron chi connectivity index (χ3n) is 3.00. The smallest absolute Gasteiger partial charge is 0.338 e. The number of carbonyl (C=O) groups excluding carboxylic acids is 1. The Morgan fingerprint density at radius 3 is 2.37 bits per heavy atom. The molecule has 0 heterocycles. The van der Waals surface area contributed by atoms with E-state index in [1.54, 1.807) is 0 Å². The predicted octanol–water partition coefficient (Wildman–Crippen LogP) is 4.17. The number of rotatable bonds is 3. The first kappa shape index (κ1) is 13.1. The SMILES string of the molecule is C=C(C)c1ccc(-c2ccccc2)c(C(=O)OC)c1. The summed E-state index contributed by atoms with van der Waals surface area (Å²) in [6.07, 6.45) is 0. The van der Waals surface area contributed by atoms with E-state index in [0.29, 0.717) is 5.56 Å². The molecule has 0 saturated carbocycles. The van der Waals surface area contributed by atoms with Gasteiger partial charge in [-0.1, -0.05) is 54.6 Å². The number of allylic oxidation sites excluding steroid dienone is 1. The molecule has 0 atom stereocenters. The van der Waals surface area contributed by atoms with E-state index in [1.807, 2.05) is 55.5 Å². The molecule has 0 aliphatic carbocycles. The number of esters is 1. The summed E-state index contributed by atoms with van der Waals surface area (Å²) in [5.74, 6) is -0.332. The Bertz CT molecular complexity index is 612. The van der Waals surface area contributed by atoms with Gasteiger partial charge in [0.15, 0.2) is 0 Å². The second kappa shape index (κ2) is 5.53. The van der Waals surface area contributed by atoms with Crippen molar-refractivity contribution in [1.29, 1.82) is 0 Å². The molecule has 0 unspecified atom stereocenters. The molecule has 0 aromatic heterocycles. The van der Waals surface area contributed by atoms with Gasteiger partial charge < -0.3 is 4.74 Å².